The second-order valence-corrected chi connectivity index (χ2v) is 9.43. The molecule has 2 rings (SSSR count). The molecule has 18 heavy (non-hydrogen) atoms. The monoisotopic (exact) mass is 271 g/mol. The Labute approximate surface area is 133 Å². The number of allylic oxidation sites excluding steroid dienone is 2. The van der Waals surface area contributed by atoms with E-state index in [9.17, 15) is 9.59 Å². The van der Waals surface area contributed by atoms with Crippen molar-refractivity contribution >= 4 is 57.9 Å². The molecule has 1 fully saturated rings. The summed E-state index contributed by atoms with van der Waals surface area (Å²) in [6, 6.07) is 0. The van der Waals surface area contributed by atoms with Gasteiger partial charge in [0.2, 0.25) is 0 Å². The third-order valence-corrected chi connectivity index (χ3v) is 9.20. The molecule has 2 aliphatic heterocycles. The van der Waals surface area contributed by atoms with Gasteiger partial charge in [-0.2, -0.15) is 0 Å². The fourth-order valence-corrected chi connectivity index (χ4v) is 7.80. The average molecular weight is 271 g/mol. The molecule has 3 nitrogen and oxygen atoms in total. The van der Waals surface area contributed by atoms with Crippen molar-refractivity contribution in [3.63, 3.8) is 0 Å². The molecule has 0 saturated carbocycles. The van der Waals surface area contributed by atoms with Crippen LogP contribution in [0.3, 0.4) is 0 Å². The summed E-state index contributed by atoms with van der Waals surface area (Å²) in [6.07, 6.45) is 0. The molecule has 0 spiro atoms. The molecule has 0 aromatic rings. The van der Waals surface area contributed by atoms with Crippen molar-refractivity contribution in [1.29, 1.82) is 0 Å². The SMILES string of the molecule is CC(C)C1=C2C(=O)N(C)C(=O)C2=[C](C(C)C)[K]=[CH]1. The standard InChI is InChI=1S/C14H18NO2.K/c1-8(2)7-11-12(10(5)9(3)4)14(17)15(6)13(11)16;/h5,8-9H,1-4,6H3;. The first kappa shape index (κ1) is 14.5. The van der Waals surface area contributed by atoms with Gasteiger partial charge in [-0.1, -0.05) is 0 Å². The van der Waals surface area contributed by atoms with E-state index in [1.807, 2.05) is 0 Å². The number of fused-ring (bicyclic) bond motifs is 1. The zero-order valence-electron chi connectivity index (χ0n) is 12.0. The fraction of sp³-hybridized carbons (Fsp3) is 0.500. The second-order valence-electron chi connectivity index (χ2n) is 5.94. The Morgan fingerprint density at radius 3 is 2.06 bits per heavy atom. The van der Waals surface area contributed by atoms with Gasteiger partial charge in [0.05, 0.1) is 0 Å². The van der Waals surface area contributed by atoms with Crippen LogP contribution in [0.4, 0.5) is 0 Å². The number of carbonyl (C=O) groups is 2. The number of nitrogens with zero attached hydrogens (tertiary/aromatic N) is 1. The van der Waals surface area contributed by atoms with Crippen LogP contribution in [0.15, 0.2) is 16.4 Å². The number of hydrogen-bond acceptors (Lipinski definition) is 2. The predicted molar refractivity (Wildman–Crippen MR) is 73.3 cm³/mol. The van der Waals surface area contributed by atoms with Crippen LogP contribution >= 0.6 is 0 Å². The van der Waals surface area contributed by atoms with Gasteiger partial charge in [-0.25, -0.2) is 0 Å². The Morgan fingerprint density at radius 1 is 1.00 bits per heavy atom. The van der Waals surface area contributed by atoms with Gasteiger partial charge in [0.1, 0.15) is 0 Å². The summed E-state index contributed by atoms with van der Waals surface area (Å²) in [5.74, 6) is 0.527. The molecule has 0 atom stereocenters. The van der Waals surface area contributed by atoms with Crippen LogP contribution in [-0.2, 0) is 9.59 Å². The van der Waals surface area contributed by atoms with Gasteiger partial charge < -0.3 is 0 Å². The van der Waals surface area contributed by atoms with Gasteiger partial charge in [0.25, 0.3) is 0 Å². The van der Waals surface area contributed by atoms with Gasteiger partial charge in [0.15, 0.2) is 0 Å². The van der Waals surface area contributed by atoms with Gasteiger partial charge in [0, 0.05) is 0 Å². The number of imide groups is 1. The van der Waals surface area contributed by atoms with E-state index >= 15 is 0 Å². The van der Waals surface area contributed by atoms with Crippen LogP contribution in [0.2, 0.25) is 0 Å². The fourth-order valence-electron chi connectivity index (χ4n) is 3.12. The number of likely N-dealkylation sites (tertiary alicyclic amines) is 1. The van der Waals surface area contributed by atoms with Gasteiger partial charge in [-0.15, -0.1) is 0 Å². The van der Waals surface area contributed by atoms with Gasteiger partial charge >= 0.3 is 135 Å². The maximum absolute atomic E-state index is 12.3. The van der Waals surface area contributed by atoms with E-state index in [1.54, 1.807) is 7.05 Å². The predicted octanol–water partition coefficient (Wildman–Crippen LogP) is 1.37. The molecule has 4 heteroatoms. The third kappa shape index (κ3) is 2.18. The van der Waals surface area contributed by atoms with E-state index < -0.39 is 46.0 Å². The molecule has 4 radical (unpaired) electrons. The van der Waals surface area contributed by atoms with Crippen LogP contribution in [0.25, 0.3) is 0 Å². The minimum atomic E-state index is -1.31. The molecule has 0 aliphatic carbocycles. The van der Waals surface area contributed by atoms with E-state index in [1.165, 1.54) is 4.57 Å². The third-order valence-electron chi connectivity index (χ3n) is 4.22. The van der Waals surface area contributed by atoms with E-state index in [0.29, 0.717) is 17.4 Å². The molecule has 0 N–H and O–H groups in total. The topological polar surface area (TPSA) is 37.4 Å². The first-order valence-corrected chi connectivity index (χ1v) is 10.2. The van der Waals surface area contributed by atoms with E-state index in [2.05, 4.69) is 27.8 Å². The molecular weight excluding hydrogens is 253 g/mol. The molecule has 1 saturated heterocycles. The van der Waals surface area contributed by atoms with Gasteiger partial charge in [-0.3, -0.25) is 0 Å². The quantitative estimate of drug-likeness (QED) is 0.562. The first-order chi connectivity index (χ1) is 8.36. The van der Waals surface area contributed by atoms with Crippen LogP contribution in [0.5, 0.6) is 0 Å². The Bertz CT molecular complexity index is 478. The van der Waals surface area contributed by atoms with E-state index in [4.69, 9.17) is 0 Å². The number of likely N-dealkylation sites (N-methyl/N-ethyl adjacent to an activating group) is 1. The van der Waals surface area contributed by atoms with Crippen LogP contribution in [0.1, 0.15) is 27.7 Å². The first-order valence-electron chi connectivity index (χ1n) is 6.81. The average Bonchev–Trinajstić information content (AvgIpc) is 2.53. The second kappa shape index (κ2) is 5.25. The Kier molecular flexibility index (Phi) is 4.24. The summed E-state index contributed by atoms with van der Waals surface area (Å²) in [5.41, 5.74) is 2.59. The summed E-state index contributed by atoms with van der Waals surface area (Å²) in [4.78, 5) is 25.8. The molecule has 2 aliphatic rings. The van der Waals surface area contributed by atoms with E-state index in [-0.39, 0.29) is 11.8 Å². The van der Waals surface area contributed by atoms with Crippen molar-refractivity contribution in [2.24, 2.45) is 11.8 Å². The molecule has 0 aromatic carbocycles. The molecule has 92 valence electrons. The summed E-state index contributed by atoms with van der Waals surface area (Å²) >= 11 is -1.31. The summed E-state index contributed by atoms with van der Waals surface area (Å²) in [7, 11) is 1.59. The van der Waals surface area contributed by atoms with Crippen molar-refractivity contribution in [2.45, 2.75) is 27.7 Å². The van der Waals surface area contributed by atoms with Crippen molar-refractivity contribution in [3.8, 4) is 0 Å². The number of carbonyl (C=O) groups excluding carboxylic acids is 2. The van der Waals surface area contributed by atoms with Crippen molar-refractivity contribution in [2.75, 3.05) is 7.05 Å². The summed E-state index contributed by atoms with van der Waals surface area (Å²) in [5, 5.41) is 0. The van der Waals surface area contributed by atoms with Crippen molar-refractivity contribution in [1.82, 2.24) is 4.90 Å². The molecule has 0 unspecified atom stereocenters. The zero-order valence-corrected chi connectivity index (χ0v) is 15.1. The Hall–Kier alpha value is 0.126. The Balaban J connectivity index is 2.73. The number of rotatable bonds is 2. The van der Waals surface area contributed by atoms with Crippen molar-refractivity contribution < 1.29 is 9.59 Å². The number of hydrogen-bond donors (Lipinski definition) is 0. The normalized spacial score (nSPS) is 19.8. The summed E-state index contributed by atoms with van der Waals surface area (Å²) < 4.78 is 3.65. The van der Waals surface area contributed by atoms with Crippen LogP contribution in [-0.4, -0.2) is 69.8 Å². The molecular formula is C14H18KNO2. The molecule has 2 amide bonds. The van der Waals surface area contributed by atoms with Crippen molar-refractivity contribution in [3.05, 3.63) is 16.4 Å². The van der Waals surface area contributed by atoms with Crippen LogP contribution in [0, 0.1) is 11.8 Å². The number of amides is 2. The van der Waals surface area contributed by atoms with Gasteiger partial charge in [-0.05, 0) is 0 Å². The zero-order chi connectivity index (χ0) is 13.6. The molecule has 2 heterocycles. The molecule has 0 bridgehead atoms. The maximum atomic E-state index is 12.3. The molecule has 0 aromatic heterocycles. The minimum absolute atomic E-state index is 0.0796. The summed E-state index contributed by atoms with van der Waals surface area (Å²) in [6.45, 7) is 8.45. The van der Waals surface area contributed by atoms with E-state index in [0.717, 1.165) is 11.1 Å². The Morgan fingerprint density at radius 2 is 1.56 bits per heavy atom. The van der Waals surface area contributed by atoms with Crippen LogP contribution < -0.4 is 0 Å².